The molecule has 0 spiro atoms. The molecule has 0 saturated heterocycles. The molecule has 0 saturated carbocycles. The zero-order valence-corrected chi connectivity index (χ0v) is 7.76. The summed E-state index contributed by atoms with van der Waals surface area (Å²) in [7, 11) is 0. The summed E-state index contributed by atoms with van der Waals surface area (Å²) in [5.41, 5.74) is 0. The fourth-order valence-electron chi connectivity index (χ4n) is 1.09. The summed E-state index contributed by atoms with van der Waals surface area (Å²) in [6.45, 7) is 1.46. The molecule has 15 heavy (non-hydrogen) atoms. The summed E-state index contributed by atoms with van der Waals surface area (Å²) in [5.74, 6) is -2.17. The van der Waals surface area contributed by atoms with Gasteiger partial charge in [0.2, 0.25) is 0 Å². The van der Waals surface area contributed by atoms with Gasteiger partial charge in [0.05, 0.1) is 13.1 Å². The lowest BCUT2D eigenvalue weighted by Gasteiger charge is -2.01. The van der Waals surface area contributed by atoms with E-state index in [1.54, 1.807) is 0 Å². The van der Waals surface area contributed by atoms with Crippen LogP contribution in [0.4, 0.5) is 0 Å². The second-order valence-corrected chi connectivity index (χ2v) is 2.75. The van der Waals surface area contributed by atoms with Crippen LogP contribution < -0.4 is 0 Å². The minimum atomic E-state index is -0.907. The number of carbonyl (C=O) groups is 2. The maximum Gasteiger partial charge on any atom is 0.401 e. The molecule has 2 heterocycles. The van der Waals surface area contributed by atoms with Crippen LogP contribution in [-0.4, -0.2) is 50.0 Å². The van der Waals surface area contributed by atoms with Crippen molar-refractivity contribution < 1.29 is 23.8 Å². The first kappa shape index (κ1) is 9.63. The van der Waals surface area contributed by atoms with Crippen LogP contribution in [0.25, 0.3) is 0 Å². The van der Waals surface area contributed by atoms with Crippen molar-refractivity contribution in [2.24, 2.45) is 9.98 Å². The van der Waals surface area contributed by atoms with E-state index in [4.69, 9.17) is 9.47 Å². The Kier molecular flexibility index (Phi) is 2.61. The Bertz CT molecular complexity index is 326. The van der Waals surface area contributed by atoms with E-state index >= 15 is 0 Å². The molecule has 0 radical (unpaired) electrons. The van der Waals surface area contributed by atoms with Crippen molar-refractivity contribution in [3.05, 3.63) is 0 Å². The van der Waals surface area contributed by atoms with Gasteiger partial charge in [-0.15, -0.1) is 0 Å². The standard InChI is InChI=1S/C8H8N2O5/c11-7(5-9-1-3-13-5)15-8(12)6-10-2-4-14-6/h1-4H2. The fraction of sp³-hybridized carbons (Fsp3) is 0.500. The van der Waals surface area contributed by atoms with Gasteiger partial charge in [-0.2, -0.15) is 0 Å². The molecule has 0 bridgehead atoms. The van der Waals surface area contributed by atoms with E-state index in [1.165, 1.54) is 0 Å². The van der Waals surface area contributed by atoms with E-state index in [1.807, 2.05) is 0 Å². The van der Waals surface area contributed by atoms with E-state index in [0.717, 1.165) is 0 Å². The highest BCUT2D eigenvalue weighted by Gasteiger charge is 2.26. The van der Waals surface area contributed by atoms with Crippen LogP contribution in [0.1, 0.15) is 0 Å². The van der Waals surface area contributed by atoms with Crippen molar-refractivity contribution in [3.8, 4) is 0 Å². The fourth-order valence-corrected chi connectivity index (χ4v) is 1.09. The zero-order chi connectivity index (χ0) is 10.7. The van der Waals surface area contributed by atoms with E-state index in [0.29, 0.717) is 26.3 Å². The molecule has 7 heteroatoms. The topological polar surface area (TPSA) is 86.6 Å². The van der Waals surface area contributed by atoms with Gasteiger partial charge in [0.1, 0.15) is 13.2 Å². The van der Waals surface area contributed by atoms with Crippen LogP contribution in [0.15, 0.2) is 9.98 Å². The second kappa shape index (κ2) is 4.07. The third-order valence-corrected chi connectivity index (χ3v) is 1.71. The van der Waals surface area contributed by atoms with Gasteiger partial charge in [-0.3, -0.25) is 0 Å². The molecule has 0 aromatic carbocycles. The Morgan fingerprint density at radius 3 is 1.80 bits per heavy atom. The maximum absolute atomic E-state index is 11.2. The van der Waals surface area contributed by atoms with E-state index < -0.39 is 11.9 Å². The first-order valence-corrected chi connectivity index (χ1v) is 4.38. The molecular formula is C8H8N2O5. The third-order valence-electron chi connectivity index (χ3n) is 1.71. The van der Waals surface area contributed by atoms with Crippen LogP contribution in [0.2, 0.25) is 0 Å². The summed E-state index contributed by atoms with van der Waals surface area (Å²) in [6, 6.07) is 0. The Morgan fingerprint density at radius 2 is 1.47 bits per heavy atom. The van der Waals surface area contributed by atoms with Crippen LogP contribution in [0.3, 0.4) is 0 Å². The molecule has 0 aromatic heterocycles. The minimum Gasteiger partial charge on any atom is -0.471 e. The number of ether oxygens (including phenoxy) is 3. The number of esters is 2. The molecule has 2 rings (SSSR count). The number of aliphatic imine (C=N–C) groups is 2. The van der Waals surface area contributed by atoms with Gasteiger partial charge in [-0.1, -0.05) is 0 Å². The van der Waals surface area contributed by atoms with Gasteiger partial charge in [0.25, 0.3) is 11.8 Å². The largest absolute Gasteiger partial charge is 0.471 e. The monoisotopic (exact) mass is 212 g/mol. The van der Waals surface area contributed by atoms with Gasteiger partial charge in [0.15, 0.2) is 0 Å². The van der Waals surface area contributed by atoms with Crippen molar-refractivity contribution in [2.75, 3.05) is 26.3 Å². The van der Waals surface area contributed by atoms with Gasteiger partial charge in [0, 0.05) is 0 Å². The van der Waals surface area contributed by atoms with Gasteiger partial charge >= 0.3 is 11.9 Å². The van der Waals surface area contributed by atoms with Crippen LogP contribution in [0.5, 0.6) is 0 Å². The number of nitrogens with zero attached hydrogens (tertiary/aromatic N) is 2. The highest BCUT2D eigenvalue weighted by atomic mass is 16.6. The maximum atomic E-state index is 11.2. The van der Waals surface area contributed by atoms with Gasteiger partial charge in [-0.05, 0) is 0 Å². The molecule has 0 aromatic rings. The van der Waals surface area contributed by atoms with Crippen LogP contribution in [0, 0.1) is 0 Å². The second-order valence-electron chi connectivity index (χ2n) is 2.75. The quantitative estimate of drug-likeness (QED) is 0.429. The van der Waals surface area contributed by atoms with E-state index in [9.17, 15) is 9.59 Å². The Labute approximate surface area is 84.7 Å². The van der Waals surface area contributed by atoms with Crippen molar-refractivity contribution >= 4 is 23.7 Å². The lowest BCUT2D eigenvalue weighted by molar-refractivity contribution is -0.151. The molecule has 80 valence electrons. The molecule has 2 aliphatic heterocycles. The molecule has 7 nitrogen and oxygen atoms in total. The highest BCUT2D eigenvalue weighted by molar-refractivity contribution is 6.41. The first-order chi connectivity index (χ1) is 7.27. The van der Waals surface area contributed by atoms with Crippen molar-refractivity contribution in [2.45, 2.75) is 0 Å². The number of rotatable bonds is 2. The number of carbonyl (C=O) groups excluding carboxylic acids is 2. The van der Waals surface area contributed by atoms with Gasteiger partial charge in [-0.25, -0.2) is 19.6 Å². The number of hydrogen-bond acceptors (Lipinski definition) is 7. The Balaban J connectivity index is 1.91. The molecule has 0 atom stereocenters. The Hall–Kier alpha value is -1.92. The Morgan fingerprint density at radius 1 is 1.00 bits per heavy atom. The predicted octanol–water partition coefficient (Wildman–Crippen LogP) is -1.09. The lowest BCUT2D eigenvalue weighted by atomic mass is 10.6. The molecular weight excluding hydrogens is 204 g/mol. The van der Waals surface area contributed by atoms with E-state index in [2.05, 4.69) is 14.7 Å². The summed E-state index contributed by atoms with van der Waals surface area (Å²) >= 11 is 0. The molecule has 0 unspecified atom stereocenters. The molecule has 0 N–H and O–H groups in total. The summed E-state index contributed by atoms with van der Waals surface area (Å²) in [6.07, 6.45) is 0. The van der Waals surface area contributed by atoms with E-state index in [-0.39, 0.29) is 11.8 Å². The summed E-state index contributed by atoms with van der Waals surface area (Å²) in [5, 5.41) is 0. The van der Waals surface area contributed by atoms with Crippen molar-refractivity contribution in [1.82, 2.24) is 0 Å². The SMILES string of the molecule is O=C(OC(=O)C1=NCCO1)C1=NCCO1. The minimum absolute atomic E-state index is 0.179. The van der Waals surface area contributed by atoms with Crippen molar-refractivity contribution in [1.29, 1.82) is 0 Å². The summed E-state index contributed by atoms with van der Waals surface area (Å²) in [4.78, 5) is 29.8. The first-order valence-electron chi connectivity index (χ1n) is 4.38. The summed E-state index contributed by atoms with van der Waals surface area (Å²) < 4.78 is 14.1. The molecule has 0 aliphatic carbocycles. The molecule has 2 aliphatic rings. The van der Waals surface area contributed by atoms with Gasteiger partial charge < -0.3 is 14.2 Å². The zero-order valence-electron chi connectivity index (χ0n) is 7.76. The highest BCUT2D eigenvalue weighted by Crippen LogP contribution is 2.00. The third kappa shape index (κ3) is 2.12. The van der Waals surface area contributed by atoms with Crippen LogP contribution in [-0.2, 0) is 23.8 Å². The number of hydrogen-bond donors (Lipinski definition) is 0. The average molecular weight is 212 g/mol. The van der Waals surface area contributed by atoms with Crippen LogP contribution >= 0.6 is 0 Å². The normalized spacial score (nSPS) is 18.7. The molecule has 0 fully saturated rings. The smallest absolute Gasteiger partial charge is 0.401 e. The molecule has 0 amide bonds. The average Bonchev–Trinajstić information content (AvgIpc) is 2.91. The lowest BCUT2D eigenvalue weighted by Crippen LogP contribution is -2.26. The predicted molar refractivity (Wildman–Crippen MR) is 47.6 cm³/mol. The van der Waals surface area contributed by atoms with Crippen molar-refractivity contribution in [3.63, 3.8) is 0 Å².